The van der Waals surface area contributed by atoms with E-state index in [0.29, 0.717) is 12.3 Å². The van der Waals surface area contributed by atoms with Crippen LogP contribution in [0.15, 0.2) is 49.3 Å². The number of hydrogen-bond donors (Lipinski definition) is 3. The summed E-state index contributed by atoms with van der Waals surface area (Å²) in [5, 5.41) is 4.82. The molecule has 11 nitrogen and oxygen atoms in total. The van der Waals surface area contributed by atoms with Crippen LogP contribution in [0.3, 0.4) is 0 Å². The Kier molecular flexibility index (Phi) is 10.6. The molecule has 3 fully saturated rings. The summed E-state index contributed by atoms with van der Waals surface area (Å²) in [5.74, 6) is 0.990. The number of carbonyl (C=O) groups is 2. The van der Waals surface area contributed by atoms with Gasteiger partial charge in [0, 0.05) is 62.7 Å². The number of carbonyl (C=O) groups excluding carboxylic acids is 2. The van der Waals surface area contributed by atoms with Crippen molar-refractivity contribution in [3.63, 3.8) is 0 Å². The van der Waals surface area contributed by atoms with Gasteiger partial charge in [0.25, 0.3) is 0 Å². The van der Waals surface area contributed by atoms with Crippen LogP contribution in [0.2, 0.25) is 0 Å². The van der Waals surface area contributed by atoms with E-state index in [-0.39, 0.29) is 6.41 Å². The first-order chi connectivity index (χ1) is 19.6. The van der Waals surface area contributed by atoms with Crippen molar-refractivity contribution in [3.05, 3.63) is 49.3 Å². The zero-order valence-corrected chi connectivity index (χ0v) is 23.2. The Labute approximate surface area is 235 Å². The molecule has 5 heterocycles. The number of fused-ring (bicyclic) bond motifs is 1. The molecule has 0 radical (unpaired) electrons. The van der Waals surface area contributed by atoms with Crippen molar-refractivity contribution in [2.45, 2.75) is 24.9 Å². The van der Waals surface area contributed by atoms with Gasteiger partial charge in [-0.1, -0.05) is 18.7 Å². The number of morpholine rings is 1. The highest BCUT2D eigenvalue weighted by atomic mass is 16.5. The lowest BCUT2D eigenvalue weighted by atomic mass is 9.99. The van der Waals surface area contributed by atoms with Crippen molar-refractivity contribution < 1.29 is 14.3 Å². The van der Waals surface area contributed by atoms with E-state index in [1.807, 2.05) is 0 Å². The highest BCUT2D eigenvalue weighted by Crippen LogP contribution is 2.30. The number of allylic oxidation sites excluding steroid dienone is 1. The molecule has 40 heavy (non-hydrogen) atoms. The van der Waals surface area contributed by atoms with Gasteiger partial charge in [0.2, 0.25) is 6.41 Å². The van der Waals surface area contributed by atoms with Crippen molar-refractivity contribution >= 4 is 35.2 Å². The number of likely N-dealkylation sites (N-methyl/N-ethyl adjacent to an activating group) is 1. The number of aromatic amines is 1. The molecule has 4 N–H and O–H groups in total. The fraction of sp³-hybridized carbons (Fsp3) is 0.448. The molecule has 6 rings (SSSR count). The number of ether oxygens (including phenoxy) is 1. The number of nitrogens with zero attached hydrogens (tertiary/aromatic N) is 5. The van der Waals surface area contributed by atoms with E-state index in [1.165, 1.54) is 50.8 Å². The molecule has 3 saturated heterocycles. The first-order valence-electron chi connectivity index (χ1n) is 13.7. The maximum absolute atomic E-state index is 9.06. The molecule has 0 unspecified atom stereocenters. The van der Waals surface area contributed by atoms with Crippen LogP contribution in [0.4, 0.5) is 11.5 Å². The second-order valence-electron chi connectivity index (χ2n) is 10.2. The number of piperidine rings is 1. The van der Waals surface area contributed by atoms with Gasteiger partial charge in [-0.25, -0.2) is 9.97 Å². The fourth-order valence-electron chi connectivity index (χ4n) is 5.40. The Morgan fingerprint density at radius 1 is 1.07 bits per heavy atom. The number of anilines is 2. The third-order valence-corrected chi connectivity index (χ3v) is 7.47. The van der Waals surface area contributed by atoms with Gasteiger partial charge in [-0.3, -0.25) is 14.5 Å². The molecule has 1 aromatic carbocycles. The van der Waals surface area contributed by atoms with E-state index < -0.39 is 0 Å². The third-order valence-electron chi connectivity index (χ3n) is 7.47. The number of benzene rings is 1. The molecule has 2 aromatic heterocycles. The molecule has 0 bridgehead atoms. The number of aromatic nitrogens is 3. The van der Waals surface area contributed by atoms with Crippen LogP contribution in [-0.2, 0) is 14.3 Å². The van der Waals surface area contributed by atoms with E-state index in [0.717, 1.165) is 60.5 Å². The van der Waals surface area contributed by atoms with Crippen LogP contribution < -0.4 is 16.0 Å². The van der Waals surface area contributed by atoms with Crippen molar-refractivity contribution in [1.82, 2.24) is 24.8 Å². The number of H-pyrrole nitrogens is 1. The summed E-state index contributed by atoms with van der Waals surface area (Å²) in [4.78, 5) is 37.5. The minimum Gasteiger partial charge on any atom is -0.382 e. The normalized spacial score (nSPS) is 18.5. The van der Waals surface area contributed by atoms with Gasteiger partial charge in [-0.15, -0.1) is 0 Å². The topological polar surface area (TPSA) is 133 Å². The largest absolute Gasteiger partial charge is 0.382 e. The molecule has 1 amide bonds. The van der Waals surface area contributed by atoms with Crippen LogP contribution in [0.5, 0.6) is 0 Å². The van der Waals surface area contributed by atoms with Gasteiger partial charge >= 0.3 is 0 Å². The molecule has 11 heteroatoms. The van der Waals surface area contributed by atoms with Crippen molar-refractivity contribution in [2.75, 3.05) is 69.7 Å². The number of likely N-dealkylation sites (tertiary alicyclic amines) is 2. The Balaban J connectivity index is 0.000000479. The number of hydrogen-bond acceptors (Lipinski definition) is 9. The number of primary amides is 1. The molecule has 3 aliphatic rings. The van der Waals surface area contributed by atoms with Gasteiger partial charge in [0.05, 0.1) is 18.6 Å². The van der Waals surface area contributed by atoms with E-state index in [4.69, 9.17) is 14.3 Å². The zero-order valence-electron chi connectivity index (χ0n) is 23.2. The molecule has 214 valence electrons. The molecule has 3 aliphatic heterocycles. The average molecular weight is 549 g/mol. The van der Waals surface area contributed by atoms with Crippen LogP contribution in [0.25, 0.3) is 22.3 Å². The zero-order chi connectivity index (χ0) is 28.3. The smallest absolute Gasteiger partial charge is 0.204 e. The molecule has 3 aromatic rings. The van der Waals surface area contributed by atoms with E-state index in [1.54, 1.807) is 6.33 Å². The minimum atomic E-state index is 0.250. The molecular formula is C29H40N8O3. The van der Waals surface area contributed by atoms with E-state index in [9.17, 15) is 0 Å². The standard InChI is InChI=1S/C25H33N7O.C3H4O.CH3NO/c1-30-15-21(16-30)31-8-6-20(7-9-31)28-19-4-2-18(3-5-19)23-14-22-24(29-23)26-17-27-25(22)32-10-12-33-13-11-32;1-2-3-4;2-1-3/h2-5,14,17,20-21,28H,6-13,15-16H2,1H3,(H,26,27,29);2-3H,1H2;1H,(H2,2,3). The van der Waals surface area contributed by atoms with Crippen LogP contribution in [0.1, 0.15) is 12.8 Å². The van der Waals surface area contributed by atoms with Crippen LogP contribution in [0, 0.1) is 0 Å². The lowest BCUT2D eigenvalue weighted by molar-refractivity contribution is -0.107. The summed E-state index contributed by atoms with van der Waals surface area (Å²) < 4.78 is 5.50. The molecule has 0 saturated carbocycles. The Morgan fingerprint density at radius 3 is 2.33 bits per heavy atom. The Bertz CT molecular complexity index is 1220. The summed E-state index contributed by atoms with van der Waals surface area (Å²) in [6.07, 6.45) is 6.16. The number of nitrogens with two attached hydrogens (primary N) is 1. The quantitative estimate of drug-likeness (QED) is 0.313. The predicted molar refractivity (Wildman–Crippen MR) is 158 cm³/mol. The third kappa shape index (κ3) is 7.44. The fourth-order valence-corrected chi connectivity index (χ4v) is 5.40. The maximum Gasteiger partial charge on any atom is 0.204 e. The van der Waals surface area contributed by atoms with Crippen molar-refractivity contribution in [2.24, 2.45) is 5.73 Å². The summed E-state index contributed by atoms with van der Waals surface area (Å²) in [6.45, 7) is 11.2. The molecular weight excluding hydrogens is 508 g/mol. The van der Waals surface area contributed by atoms with Gasteiger partial charge in [-0.2, -0.15) is 0 Å². The number of nitrogens with one attached hydrogen (secondary N) is 2. The summed E-state index contributed by atoms with van der Waals surface area (Å²) in [7, 11) is 2.21. The van der Waals surface area contributed by atoms with Crippen LogP contribution >= 0.6 is 0 Å². The Morgan fingerprint density at radius 2 is 1.73 bits per heavy atom. The monoisotopic (exact) mass is 548 g/mol. The minimum absolute atomic E-state index is 0.250. The van der Waals surface area contributed by atoms with Crippen molar-refractivity contribution in [3.8, 4) is 11.3 Å². The molecule has 0 spiro atoms. The first-order valence-corrected chi connectivity index (χ1v) is 13.7. The average Bonchev–Trinajstić information content (AvgIpc) is 3.42. The number of aldehydes is 1. The first kappa shape index (κ1) is 29.2. The number of rotatable bonds is 6. The van der Waals surface area contributed by atoms with Crippen molar-refractivity contribution in [1.29, 1.82) is 0 Å². The van der Waals surface area contributed by atoms with E-state index >= 15 is 0 Å². The lowest BCUT2D eigenvalue weighted by Crippen LogP contribution is -2.59. The highest BCUT2D eigenvalue weighted by Gasteiger charge is 2.31. The molecule has 0 aliphatic carbocycles. The summed E-state index contributed by atoms with van der Waals surface area (Å²) in [5.41, 5.74) is 8.49. The molecule has 0 atom stereocenters. The second-order valence-corrected chi connectivity index (χ2v) is 10.2. The lowest BCUT2D eigenvalue weighted by Gasteiger charge is -2.46. The Hall–Kier alpha value is -3.80. The van der Waals surface area contributed by atoms with Gasteiger partial charge in [-0.05, 0) is 49.7 Å². The predicted octanol–water partition coefficient (Wildman–Crippen LogP) is 2.12. The number of amides is 1. The SMILES string of the molecule is C=CC=O.CN1CC(N2CCC(Nc3ccc(-c4cc5c(N6CCOCC6)ncnc5[nH]4)cc3)CC2)C1.NC=O. The summed E-state index contributed by atoms with van der Waals surface area (Å²) >= 11 is 0. The van der Waals surface area contributed by atoms with Gasteiger partial charge < -0.3 is 30.6 Å². The van der Waals surface area contributed by atoms with Crippen LogP contribution in [-0.4, -0.2) is 109 Å². The maximum atomic E-state index is 9.06. The van der Waals surface area contributed by atoms with E-state index in [2.05, 4.69) is 84.7 Å². The summed E-state index contributed by atoms with van der Waals surface area (Å²) in [6, 6.07) is 12.3. The van der Waals surface area contributed by atoms with Gasteiger partial charge in [0.1, 0.15) is 24.1 Å². The van der Waals surface area contributed by atoms with Gasteiger partial charge in [0.15, 0.2) is 0 Å². The second kappa shape index (κ2) is 14.5. The highest BCUT2D eigenvalue weighted by molar-refractivity contribution is 5.92.